The van der Waals surface area contributed by atoms with E-state index >= 15 is 0 Å². The second-order valence-electron chi connectivity index (χ2n) is 3.08. The molecule has 80 valence electrons. The summed E-state index contributed by atoms with van der Waals surface area (Å²) in [6, 6.07) is 0. The van der Waals surface area contributed by atoms with Crippen LogP contribution >= 0.6 is 27.3 Å². The van der Waals surface area contributed by atoms with Crippen LogP contribution < -0.4 is 0 Å². The van der Waals surface area contributed by atoms with Gasteiger partial charge in [-0.05, 0) is 22.9 Å². The van der Waals surface area contributed by atoms with Crippen molar-refractivity contribution in [3.63, 3.8) is 0 Å². The number of aryl methyl sites for hydroxylation is 1. The maximum Gasteiger partial charge on any atom is 0.127 e. The highest BCUT2D eigenvalue weighted by Crippen LogP contribution is 2.29. The number of aromatic nitrogens is 3. The zero-order valence-electron chi connectivity index (χ0n) is 8.14. The number of aliphatic hydroxyl groups excluding tert-OH is 1. The highest BCUT2D eigenvalue weighted by atomic mass is 79.9. The van der Waals surface area contributed by atoms with E-state index in [1.807, 2.05) is 13.1 Å². The zero-order valence-corrected chi connectivity index (χ0v) is 10.5. The van der Waals surface area contributed by atoms with Crippen molar-refractivity contribution in [2.24, 2.45) is 0 Å². The lowest BCUT2D eigenvalue weighted by Crippen LogP contribution is -2.02. The van der Waals surface area contributed by atoms with Crippen LogP contribution in [0.5, 0.6) is 0 Å². The second-order valence-corrected chi connectivity index (χ2v) is 5.49. The summed E-state index contributed by atoms with van der Waals surface area (Å²) >= 11 is 4.96. The molecule has 2 aromatic heterocycles. The molecule has 0 aromatic carbocycles. The van der Waals surface area contributed by atoms with Crippen LogP contribution in [0.25, 0.3) is 10.6 Å². The first-order valence-electron chi connectivity index (χ1n) is 4.47. The summed E-state index contributed by atoms with van der Waals surface area (Å²) in [6.07, 6.45) is 3.69. The monoisotopic (exact) mass is 287 g/mol. The lowest BCUT2D eigenvalue weighted by molar-refractivity contribution is 0.269. The van der Waals surface area contributed by atoms with Gasteiger partial charge in [0.2, 0.25) is 0 Å². The van der Waals surface area contributed by atoms with Crippen LogP contribution in [-0.4, -0.2) is 26.5 Å². The van der Waals surface area contributed by atoms with Gasteiger partial charge in [0.25, 0.3) is 0 Å². The standard InChI is InChI=1S/C9H10BrN3OS/c1-6-7(5-13(12-6)2-3-14)9-11-4-8(10)15-9/h4-5,14H,2-3H2,1H3. The molecule has 0 saturated carbocycles. The van der Waals surface area contributed by atoms with Crippen molar-refractivity contribution in [1.29, 1.82) is 0 Å². The summed E-state index contributed by atoms with van der Waals surface area (Å²) in [4.78, 5) is 4.28. The highest BCUT2D eigenvalue weighted by Gasteiger charge is 2.10. The van der Waals surface area contributed by atoms with Gasteiger partial charge in [-0.15, -0.1) is 11.3 Å². The molecule has 0 atom stereocenters. The van der Waals surface area contributed by atoms with Crippen LogP contribution in [0.4, 0.5) is 0 Å². The Bertz CT molecular complexity index is 466. The van der Waals surface area contributed by atoms with Crippen LogP contribution in [0.1, 0.15) is 5.69 Å². The first kappa shape index (κ1) is 10.8. The molecule has 0 unspecified atom stereocenters. The predicted molar refractivity (Wildman–Crippen MR) is 62.9 cm³/mol. The van der Waals surface area contributed by atoms with Gasteiger partial charge in [-0.3, -0.25) is 4.68 Å². The SMILES string of the molecule is Cc1nn(CCO)cc1-c1ncc(Br)s1. The number of aliphatic hydroxyl groups is 1. The number of rotatable bonds is 3. The molecule has 0 saturated heterocycles. The summed E-state index contributed by atoms with van der Waals surface area (Å²) in [6.45, 7) is 2.56. The molecule has 0 aliphatic carbocycles. The average molecular weight is 288 g/mol. The minimum Gasteiger partial charge on any atom is -0.394 e. The molecule has 6 heteroatoms. The van der Waals surface area contributed by atoms with Crippen LogP contribution in [-0.2, 0) is 6.54 Å². The smallest absolute Gasteiger partial charge is 0.127 e. The van der Waals surface area contributed by atoms with E-state index in [0.717, 1.165) is 20.1 Å². The topological polar surface area (TPSA) is 50.9 Å². The van der Waals surface area contributed by atoms with Crippen LogP contribution in [0.15, 0.2) is 16.2 Å². The third-order valence-electron chi connectivity index (χ3n) is 1.98. The number of nitrogens with zero attached hydrogens (tertiary/aromatic N) is 3. The molecule has 2 aromatic rings. The lowest BCUT2D eigenvalue weighted by atomic mass is 10.3. The van der Waals surface area contributed by atoms with Gasteiger partial charge in [0.1, 0.15) is 5.01 Å². The number of hydrogen-bond donors (Lipinski definition) is 1. The molecule has 2 rings (SSSR count). The van der Waals surface area contributed by atoms with Gasteiger partial charge in [0.15, 0.2) is 0 Å². The minimum atomic E-state index is 0.0993. The molecule has 0 aliphatic rings. The first-order chi connectivity index (χ1) is 7.20. The van der Waals surface area contributed by atoms with Crippen molar-refractivity contribution in [2.75, 3.05) is 6.61 Å². The van der Waals surface area contributed by atoms with Gasteiger partial charge in [-0.25, -0.2) is 4.98 Å². The van der Waals surface area contributed by atoms with E-state index in [2.05, 4.69) is 26.0 Å². The van der Waals surface area contributed by atoms with Gasteiger partial charge >= 0.3 is 0 Å². The Balaban J connectivity index is 2.35. The minimum absolute atomic E-state index is 0.0993. The second kappa shape index (κ2) is 4.42. The Morgan fingerprint density at radius 3 is 3.00 bits per heavy atom. The lowest BCUT2D eigenvalue weighted by Gasteiger charge is -1.93. The van der Waals surface area contributed by atoms with E-state index in [9.17, 15) is 0 Å². The molecule has 0 fully saturated rings. The normalized spacial score (nSPS) is 10.9. The van der Waals surface area contributed by atoms with Crippen molar-refractivity contribution in [2.45, 2.75) is 13.5 Å². The Labute approximate surface area is 99.7 Å². The average Bonchev–Trinajstić information content (AvgIpc) is 2.73. The van der Waals surface area contributed by atoms with Gasteiger partial charge < -0.3 is 5.11 Å². The molecular weight excluding hydrogens is 278 g/mol. The summed E-state index contributed by atoms with van der Waals surface area (Å²) in [5.74, 6) is 0. The molecule has 1 N–H and O–H groups in total. The van der Waals surface area contributed by atoms with Crippen molar-refractivity contribution < 1.29 is 5.11 Å². The Hall–Kier alpha value is -0.720. The Morgan fingerprint density at radius 1 is 1.60 bits per heavy atom. The van der Waals surface area contributed by atoms with Crippen LogP contribution in [0.3, 0.4) is 0 Å². The summed E-state index contributed by atoms with van der Waals surface area (Å²) in [5.41, 5.74) is 1.96. The van der Waals surface area contributed by atoms with E-state index in [1.165, 1.54) is 0 Å². The molecule has 0 bridgehead atoms. The molecule has 15 heavy (non-hydrogen) atoms. The largest absolute Gasteiger partial charge is 0.394 e. The highest BCUT2D eigenvalue weighted by molar-refractivity contribution is 9.11. The molecular formula is C9H10BrN3OS. The van der Waals surface area contributed by atoms with Crippen molar-refractivity contribution in [3.8, 4) is 10.6 Å². The van der Waals surface area contributed by atoms with Gasteiger partial charge in [0, 0.05) is 6.20 Å². The maximum absolute atomic E-state index is 8.81. The molecule has 0 amide bonds. The van der Waals surface area contributed by atoms with Crippen molar-refractivity contribution >= 4 is 27.3 Å². The third-order valence-corrected chi connectivity index (χ3v) is 3.49. The number of halogens is 1. The summed E-state index contributed by atoms with van der Waals surface area (Å²) < 4.78 is 2.74. The van der Waals surface area contributed by atoms with E-state index in [1.54, 1.807) is 22.2 Å². The molecule has 0 radical (unpaired) electrons. The van der Waals surface area contributed by atoms with E-state index < -0.39 is 0 Å². The Morgan fingerprint density at radius 2 is 2.40 bits per heavy atom. The van der Waals surface area contributed by atoms with Crippen LogP contribution in [0, 0.1) is 6.92 Å². The van der Waals surface area contributed by atoms with Gasteiger partial charge in [0.05, 0.1) is 34.4 Å². The predicted octanol–water partition coefficient (Wildman–Crippen LogP) is 2.07. The Kier molecular flexibility index (Phi) is 3.18. The van der Waals surface area contributed by atoms with E-state index in [-0.39, 0.29) is 6.61 Å². The quantitative estimate of drug-likeness (QED) is 0.940. The van der Waals surface area contributed by atoms with Crippen molar-refractivity contribution in [3.05, 3.63) is 21.9 Å². The van der Waals surface area contributed by atoms with Crippen molar-refractivity contribution in [1.82, 2.24) is 14.8 Å². The fourth-order valence-electron chi connectivity index (χ4n) is 1.32. The van der Waals surface area contributed by atoms with Gasteiger partial charge in [-0.1, -0.05) is 0 Å². The maximum atomic E-state index is 8.81. The number of thiazole rings is 1. The zero-order chi connectivity index (χ0) is 10.8. The molecule has 0 spiro atoms. The molecule has 0 aliphatic heterocycles. The fraction of sp³-hybridized carbons (Fsp3) is 0.333. The molecule has 4 nitrogen and oxygen atoms in total. The van der Waals surface area contributed by atoms with Gasteiger partial charge in [-0.2, -0.15) is 5.10 Å². The molecule has 2 heterocycles. The van der Waals surface area contributed by atoms with E-state index in [0.29, 0.717) is 6.54 Å². The number of hydrogen-bond acceptors (Lipinski definition) is 4. The summed E-state index contributed by atoms with van der Waals surface area (Å²) in [7, 11) is 0. The summed E-state index contributed by atoms with van der Waals surface area (Å²) in [5, 5.41) is 14.1. The van der Waals surface area contributed by atoms with Crippen LogP contribution in [0.2, 0.25) is 0 Å². The third kappa shape index (κ3) is 2.27. The van der Waals surface area contributed by atoms with E-state index in [4.69, 9.17) is 5.11 Å². The fourth-order valence-corrected chi connectivity index (χ4v) is 2.59. The first-order valence-corrected chi connectivity index (χ1v) is 6.08.